The summed E-state index contributed by atoms with van der Waals surface area (Å²) in [5.74, 6) is 0.425. The van der Waals surface area contributed by atoms with Gasteiger partial charge in [-0.2, -0.15) is 0 Å². The molecule has 3 aromatic rings. The quantitative estimate of drug-likeness (QED) is 0.553. The minimum Gasteiger partial charge on any atom is -0.492 e. The Morgan fingerprint density at radius 3 is 2.87 bits per heavy atom. The second kappa shape index (κ2) is 8.20. The molecule has 31 heavy (non-hydrogen) atoms. The van der Waals surface area contributed by atoms with E-state index in [1.807, 2.05) is 12.1 Å². The highest BCUT2D eigenvalue weighted by atomic mass is 35.5. The lowest BCUT2D eigenvalue weighted by atomic mass is 9.95. The van der Waals surface area contributed by atoms with E-state index >= 15 is 0 Å². The molecule has 0 saturated heterocycles. The summed E-state index contributed by atoms with van der Waals surface area (Å²) in [7, 11) is 0. The number of urea groups is 1. The van der Waals surface area contributed by atoms with Crippen molar-refractivity contribution < 1.29 is 13.9 Å². The molecule has 1 aliphatic rings. The van der Waals surface area contributed by atoms with E-state index < -0.39 is 17.4 Å². The zero-order valence-corrected chi connectivity index (χ0v) is 17.9. The molecular formula is C22H23ClFN5O2. The van der Waals surface area contributed by atoms with Crippen molar-refractivity contribution in [1.82, 2.24) is 15.1 Å². The van der Waals surface area contributed by atoms with Crippen LogP contribution in [-0.4, -0.2) is 22.4 Å². The van der Waals surface area contributed by atoms with Crippen LogP contribution in [0.3, 0.4) is 0 Å². The van der Waals surface area contributed by atoms with Gasteiger partial charge in [0.05, 0.1) is 17.7 Å². The van der Waals surface area contributed by atoms with E-state index in [0.717, 1.165) is 5.56 Å². The Kier molecular flexibility index (Phi) is 5.60. The Balaban J connectivity index is 1.46. The number of ether oxygens (including phenoxy) is 1. The molecule has 1 aliphatic heterocycles. The molecule has 1 atom stereocenters. The molecule has 7 nitrogen and oxygen atoms in total. The number of hydrogen-bond acceptors (Lipinski definition) is 4. The highest BCUT2D eigenvalue weighted by Gasteiger charge is 2.25. The maximum absolute atomic E-state index is 14.6. The SMILES string of the molecule is CC(C)(N)c1ccc(-n2ccc(NC(=O)N[C@H]3CCOc4c(Cl)cccc43)n2)c(F)c1. The van der Waals surface area contributed by atoms with Crippen LogP contribution in [0.2, 0.25) is 5.02 Å². The third-order valence-electron chi connectivity index (χ3n) is 5.10. The van der Waals surface area contributed by atoms with E-state index in [4.69, 9.17) is 22.1 Å². The molecule has 0 saturated carbocycles. The first-order valence-corrected chi connectivity index (χ1v) is 10.2. The Hall–Kier alpha value is -3.10. The standard InChI is InChI=1S/C22H23ClFN5O2/c1-22(2,25)13-6-7-18(16(24)12-13)29-10-8-19(28-29)27-21(30)26-17-9-11-31-20-14(17)4-3-5-15(20)23/h3-8,10,12,17H,9,11,25H2,1-2H3,(H2,26,27,28,30)/t17-/m0/s1. The number of fused-ring (bicyclic) bond motifs is 1. The monoisotopic (exact) mass is 443 g/mol. The number of nitrogens with two attached hydrogens (primary N) is 1. The third-order valence-corrected chi connectivity index (χ3v) is 5.40. The predicted molar refractivity (Wildman–Crippen MR) is 117 cm³/mol. The summed E-state index contributed by atoms with van der Waals surface area (Å²) in [6, 6.07) is 11.1. The van der Waals surface area contributed by atoms with Crippen LogP contribution in [0.4, 0.5) is 15.0 Å². The maximum Gasteiger partial charge on any atom is 0.320 e. The lowest BCUT2D eigenvalue weighted by molar-refractivity contribution is 0.232. The number of para-hydroxylation sites is 1. The summed E-state index contributed by atoms with van der Waals surface area (Å²) in [4.78, 5) is 12.5. The van der Waals surface area contributed by atoms with Gasteiger partial charge in [-0.25, -0.2) is 13.9 Å². The van der Waals surface area contributed by atoms with Gasteiger partial charge in [-0.3, -0.25) is 5.32 Å². The summed E-state index contributed by atoms with van der Waals surface area (Å²) < 4.78 is 21.6. The van der Waals surface area contributed by atoms with Gasteiger partial charge in [0.1, 0.15) is 17.3 Å². The van der Waals surface area contributed by atoms with E-state index in [0.29, 0.717) is 35.2 Å². The molecule has 1 aromatic heterocycles. The summed E-state index contributed by atoms with van der Waals surface area (Å²) in [6.45, 7) is 4.06. The molecule has 0 spiro atoms. The molecule has 4 N–H and O–H groups in total. The van der Waals surface area contributed by atoms with Crippen molar-refractivity contribution >= 4 is 23.4 Å². The molecule has 2 amide bonds. The van der Waals surface area contributed by atoms with Gasteiger partial charge < -0.3 is 15.8 Å². The topological polar surface area (TPSA) is 94.2 Å². The van der Waals surface area contributed by atoms with Crippen molar-refractivity contribution in [3.8, 4) is 11.4 Å². The molecule has 0 unspecified atom stereocenters. The molecule has 162 valence electrons. The minimum atomic E-state index is -0.651. The molecule has 4 rings (SSSR count). The number of halogens is 2. The first kappa shape index (κ1) is 21.1. The largest absolute Gasteiger partial charge is 0.492 e. The summed E-state index contributed by atoms with van der Waals surface area (Å²) in [5.41, 5.74) is 7.14. The van der Waals surface area contributed by atoms with Crippen LogP contribution >= 0.6 is 11.6 Å². The summed E-state index contributed by atoms with van der Waals surface area (Å²) in [5, 5.41) is 10.4. The van der Waals surface area contributed by atoms with Crippen LogP contribution in [0.15, 0.2) is 48.7 Å². The number of anilines is 1. The van der Waals surface area contributed by atoms with Crippen molar-refractivity contribution in [3.05, 3.63) is 70.6 Å². The molecule has 2 aromatic carbocycles. The van der Waals surface area contributed by atoms with Gasteiger partial charge in [0.2, 0.25) is 0 Å². The van der Waals surface area contributed by atoms with Gasteiger partial charge in [-0.15, -0.1) is 5.10 Å². The highest BCUT2D eigenvalue weighted by Crippen LogP contribution is 2.37. The molecule has 0 aliphatic carbocycles. The van der Waals surface area contributed by atoms with Crippen LogP contribution in [0.1, 0.15) is 37.4 Å². The van der Waals surface area contributed by atoms with Crippen LogP contribution in [0.25, 0.3) is 5.69 Å². The normalized spacial score (nSPS) is 15.7. The second-order valence-corrected chi connectivity index (χ2v) is 8.39. The average molecular weight is 444 g/mol. The minimum absolute atomic E-state index is 0.242. The van der Waals surface area contributed by atoms with Crippen molar-refractivity contribution in [2.24, 2.45) is 5.73 Å². The fraction of sp³-hybridized carbons (Fsp3) is 0.273. The van der Waals surface area contributed by atoms with Crippen LogP contribution < -0.4 is 21.1 Å². The van der Waals surface area contributed by atoms with Crippen molar-refractivity contribution in [2.75, 3.05) is 11.9 Å². The Labute approximate surface area is 184 Å². The van der Waals surface area contributed by atoms with Crippen molar-refractivity contribution in [1.29, 1.82) is 0 Å². The zero-order chi connectivity index (χ0) is 22.2. The Morgan fingerprint density at radius 1 is 1.32 bits per heavy atom. The van der Waals surface area contributed by atoms with Gasteiger partial charge in [-0.05, 0) is 37.6 Å². The van der Waals surface area contributed by atoms with Gasteiger partial charge in [0, 0.05) is 29.8 Å². The van der Waals surface area contributed by atoms with Gasteiger partial charge in [0.15, 0.2) is 5.82 Å². The first-order chi connectivity index (χ1) is 14.7. The van der Waals surface area contributed by atoms with Crippen molar-refractivity contribution in [2.45, 2.75) is 31.8 Å². The lowest BCUT2D eigenvalue weighted by Crippen LogP contribution is -2.35. The number of hydrogen-bond donors (Lipinski definition) is 3. The zero-order valence-electron chi connectivity index (χ0n) is 17.2. The van der Waals surface area contributed by atoms with Crippen molar-refractivity contribution in [3.63, 3.8) is 0 Å². The number of amides is 2. The number of aromatic nitrogens is 2. The van der Waals surface area contributed by atoms with E-state index in [-0.39, 0.29) is 11.7 Å². The summed E-state index contributed by atoms with van der Waals surface area (Å²) >= 11 is 6.18. The smallest absolute Gasteiger partial charge is 0.320 e. The number of nitrogens with zero attached hydrogens (tertiary/aromatic N) is 2. The number of rotatable bonds is 4. The molecule has 2 heterocycles. The Morgan fingerprint density at radius 2 is 2.13 bits per heavy atom. The molecular weight excluding hydrogens is 421 g/mol. The number of nitrogens with one attached hydrogen (secondary N) is 2. The second-order valence-electron chi connectivity index (χ2n) is 7.98. The fourth-order valence-corrected chi connectivity index (χ4v) is 3.70. The number of carbonyl (C=O) groups excluding carboxylic acids is 1. The van der Waals surface area contributed by atoms with E-state index in [1.165, 1.54) is 10.7 Å². The molecule has 9 heteroatoms. The van der Waals surface area contributed by atoms with E-state index in [1.54, 1.807) is 44.3 Å². The number of benzene rings is 2. The maximum atomic E-state index is 14.6. The lowest BCUT2D eigenvalue weighted by Gasteiger charge is -2.27. The van der Waals surface area contributed by atoms with Crippen LogP contribution in [0, 0.1) is 5.82 Å². The Bertz CT molecular complexity index is 1130. The number of carbonyl (C=O) groups is 1. The molecule has 0 radical (unpaired) electrons. The van der Waals surface area contributed by atoms with E-state index in [9.17, 15) is 9.18 Å². The summed E-state index contributed by atoms with van der Waals surface area (Å²) in [6.07, 6.45) is 2.19. The van der Waals surface area contributed by atoms with Crippen LogP contribution in [-0.2, 0) is 5.54 Å². The fourth-order valence-electron chi connectivity index (χ4n) is 3.47. The molecule has 0 fully saturated rings. The highest BCUT2D eigenvalue weighted by molar-refractivity contribution is 6.32. The van der Waals surface area contributed by atoms with Gasteiger partial charge >= 0.3 is 6.03 Å². The first-order valence-electron chi connectivity index (χ1n) is 9.86. The average Bonchev–Trinajstić information content (AvgIpc) is 3.16. The predicted octanol–water partition coefficient (Wildman–Crippen LogP) is 4.50. The molecule has 0 bridgehead atoms. The van der Waals surface area contributed by atoms with Gasteiger partial charge in [-0.1, -0.05) is 29.8 Å². The van der Waals surface area contributed by atoms with E-state index in [2.05, 4.69) is 15.7 Å². The van der Waals surface area contributed by atoms with Crippen LogP contribution in [0.5, 0.6) is 5.75 Å². The third kappa shape index (κ3) is 4.50. The van der Waals surface area contributed by atoms with Gasteiger partial charge in [0.25, 0.3) is 0 Å².